The number of anilines is 1. The number of rotatable bonds is 5. The second kappa shape index (κ2) is 5.99. The summed E-state index contributed by atoms with van der Waals surface area (Å²) in [6.07, 6.45) is 2.11. The molecule has 1 N–H and O–H groups in total. The van der Waals surface area contributed by atoms with Crippen LogP contribution >= 0.6 is 0 Å². The predicted molar refractivity (Wildman–Crippen MR) is 83.4 cm³/mol. The van der Waals surface area contributed by atoms with Gasteiger partial charge in [0.05, 0.1) is 17.6 Å². The molecule has 0 fully saturated rings. The maximum Gasteiger partial charge on any atom is 0.339 e. The van der Waals surface area contributed by atoms with E-state index < -0.39 is 5.97 Å². The Morgan fingerprint density at radius 1 is 1.29 bits per heavy atom. The molecule has 0 unspecified atom stereocenters. The second-order valence-corrected chi connectivity index (χ2v) is 5.73. The fourth-order valence-electron chi connectivity index (χ4n) is 2.25. The molecule has 2 rings (SSSR count). The van der Waals surface area contributed by atoms with E-state index in [1.807, 2.05) is 43.3 Å². The maximum absolute atomic E-state index is 11.3. The van der Waals surface area contributed by atoms with Crippen molar-refractivity contribution in [3.05, 3.63) is 41.7 Å². The van der Waals surface area contributed by atoms with Gasteiger partial charge in [-0.1, -0.05) is 13.8 Å². The summed E-state index contributed by atoms with van der Waals surface area (Å²) in [6, 6.07) is 7.91. The number of aromatic nitrogens is 2. The number of hydrogen-bond donors (Lipinski definition) is 1. The van der Waals surface area contributed by atoms with Gasteiger partial charge in [-0.2, -0.15) is 5.10 Å². The van der Waals surface area contributed by atoms with Crippen LogP contribution in [0.3, 0.4) is 0 Å². The minimum atomic E-state index is -0.929. The summed E-state index contributed by atoms with van der Waals surface area (Å²) in [7, 11) is 3.96. The standard InChI is InChI=1S/C16H21N3O2/c1-11(2)9-15-14(16(20)21)10-17-19(15)13-7-5-12(6-8-13)18(3)4/h5-8,10-11H,9H2,1-4H3,(H,20,21). The summed E-state index contributed by atoms with van der Waals surface area (Å²) < 4.78 is 1.73. The predicted octanol–water partition coefficient (Wildman–Crippen LogP) is 2.84. The summed E-state index contributed by atoms with van der Waals surface area (Å²) in [5.41, 5.74) is 2.99. The van der Waals surface area contributed by atoms with Gasteiger partial charge in [-0.25, -0.2) is 9.48 Å². The minimum absolute atomic E-state index is 0.278. The molecular weight excluding hydrogens is 266 g/mol. The zero-order valence-electron chi connectivity index (χ0n) is 12.9. The molecule has 0 radical (unpaired) electrons. The third-order valence-electron chi connectivity index (χ3n) is 3.31. The van der Waals surface area contributed by atoms with Crippen LogP contribution in [0.1, 0.15) is 29.9 Å². The highest BCUT2D eigenvalue weighted by Crippen LogP contribution is 2.21. The van der Waals surface area contributed by atoms with Crippen molar-refractivity contribution >= 4 is 11.7 Å². The first-order chi connectivity index (χ1) is 9.90. The fraction of sp³-hybridized carbons (Fsp3) is 0.375. The topological polar surface area (TPSA) is 58.4 Å². The minimum Gasteiger partial charge on any atom is -0.478 e. The van der Waals surface area contributed by atoms with Gasteiger partial charge in [-0.05, 0) is 36.6 Å². The fourth-order valence-corrected chi connectivity index (χ4v) is 2.25. The SMILES string of the molecule is CC(C)Cc1c(C(=O)O)cnn1-c1ccc(N(C)C)cc1. The van der Waals surface area contributed by atoms with E-state index in [2.05, 4.69) is 18.9 Å². The number of carboxylic acids is 1. The zero-order valence-corrected chi connectivity index (χ0v) is 12.9. The molecule has 112 valence electrons. The highest BCUT2D eigenvalue weighted by molar-refractivity contribution is 5.88. The normalized spacial score (nSPS) is 10.9. The molecule has 21 heavy (non-hydrogen) atoms. The van der Waals surface area contributed by atoms with Crippen LogP contribution in [0, 0.1) is 5.92 Å². The van der Waals surface area contributed by atoms with Gasteiger partial charge in [-0.15, -0.1) is 0 Å². The van der Waals surface area contributed by atoms with Crippen LogP contribution in [0.4, 0.5) is 5.69 Å². The Bertz CT molecular complexity index is 627. The van der Waals surface area contributed by atoms with Gasteiger partial charge in [0.25, 0.3) is 0 Å². The van der Waals surface area contributed by atoms with Crippen molar-refractivity contribution in [2.45, 2.75) is 20.3 Å². The maximum atomic E-state index is 11.3. The quantitative estimate of drug-likeness (QED) is 0.918. The molecule has 0 amide bonds. The zero-order chi connectivity index (χ0) is 15.6. The summed E-state index contributed by atoms with van der Waals surface area (Å²) in [5.74, 6) is -0.568. The number of carbonyl (C=O) groups is 1. The van der Waals surface area contributed by atoms with Crippen LogP contribution in [0.15, 0.2) is 30.5 Å². The Morgan fingerprint density at radius 2 is 1.90 bits per heavy atom. The van der Waals surface area contributed by atoms with Crippen LogP contribution in [0.25, 0.3) is 5.69 Å². The van der Waals surface area contributed by atoms with Gasteiger partial charge in [0.2, 0.25) is 0 Å². The Kier molecular flexibility index (Phi) is 4.31. The number of aromatic carboxylic acids is 1. The van der Waals surface area contributed by atoms with E-state index >= 15 is 0 Å². The molecule has 0 atom stereocenters. The van der Waals surface area contributed by atoms with Gasteiger partial charge in [0, 0.05) is 19.8 Å². The van der Waals surface area contributed by atoms with E-state index in [-0.39, 0.29) is 5.56 Å². The average Bonchev–Trinajstić information content (AvgIpc) is 2.81. The van der Waals surface area contributed by atoms with Gasteiger partial charge in [0.1, 0.15) is 5.56 Å². The lowest BCUT2D eigenvalue weighted by Gasteiger charge is -2.14. The molecule has 1 aromatic carbocycles. The molecule has 1 heterocycles. The van der Waals surface area contributed by atoms with E-state index in [9.17, 15) is 9.90 Å². The first-order valence-electron chi connectivity index (χ1n) is 6.98. The Labute approximate surface area is 124 Å². The molecule has 5 heteroatoms. The van der Waals surface area contributed by atoms with Crippen LogP contribution in [-0.4, -0.2) is 35.0 Å². The van der Waals surface area contributed by atoms with Crippen molar-refractivity contribution in [1.29, 1.82) is 0 Å². The Hall–Kier alpha value is -2.30. The molecule has 0 aliphatic heterocycles. The molecule has 2 aromatic rings. The third-order valence-corrected chi connectivity index (χ3v) is 3.31. The first kappa shape index (κ1) is 15.1. The average molecular weight is 287 g/mol. The van der Waals surface area contributed by atoms with E-state index in [0.717, 1.165) is 17.1 Å². The van der Waals surface area contributed by atoms with E-state index in [1.54, 1.807) is 4.68 Å². The smallest absolute Gasteiger partial charge is 0.339 e. The molecule has 0 spiro atoms. The van der Waals surface area contributed by atoms with Crippen LogP contribution < -0.4 is 4.90 Å². The van der Waals surface area contributed by atoms with Crippen molar-refractivity contribution in [3.8, 4) is 5.69 Å². The van der Waals surface area contributed by atoms with E-state index in [1.165, 1.54) is 6.20 Å². The summed E-state index contributed by atoms with van der Waals surface area (Å²) in [4.78, 5) is 13.3. The van der Waals surface area contributed by atoms with E-state index in [4.69, 9.17) is 0 Å². The molecule has 5 nitrogen and oxygen atoms in total. The van der Waals surface area contributed by atoms with Gasteiger partial charge in [-0.3, -0.25) is 0 Å². The lowest BCUT2D eigenvalue weighted by Crippen LogP contribution is -2.11. The summed E-state index contributed by atoms with van der Waals surface area (Å²) in [6.45, 7) is 4.14. The van der Waals surface area contributed by atoms with Crippen LogP contribution in [-0.2, 0) is 6.42 Å². The van der Waals surface area contributed by atoms with Crippen molar-refractivity contribution < 1.29 is 9.90 Å². The number of nitrogens with zero attached hydrogens (tertiary/aromatic N) is 3. The first-order valence-corrected chi connectivity index (χ1v) is 6.98. The highest BCUT2D eigenvalue weighted by Gasteiger charge is 2.18. The van der Waals surface area contributed by atoms with Gasteiger partial charge >= 0.3 is 5.97 Å². The highest BCUT2D eigenvalue weighted by atomic mass is 16.4. The van der Waals surface area contributed by atoms with Crippen molar-refractivity contribution in [3.63, 3.8) is 0 Å². The molecule has 0 aliphatic carbocycles. The lowest BCUT2D eigenvalue weighted by molar-refractivity contribution is 0.0695. The molecule has 1 aromatic heterocycles. The number of benzene rings is 1. The van der Waals surface area contributed by atoms with Gasteiger partial charge < -0.3 is 10.0 Å². The second-order valence-electron chi connectivity index (χ2n) is 5.73. The number of carboxylic acid groups (broad SMARTS) is 1. The molecular formula is C16H21N3O2. The molecule has 0 bridgehead atoms. The molecule has 0 saturated heterocycles. The van der Waals surface area contributed by atoms with Crippen molar-refractivity contribution in [1.82, 2.24) is 9.78 Å². The monoisotopic (exact) mass is 287 g/mol. The Balaban J connectivity index is 2.45. The van der Waals surface area contributed by atoms with E-state index in [0.29, 0.717) is 12.3 Å². The third kappa shape index (κ3) is 3.24. The molecule has 0 saturated carbocycles. The summed E-state index contributed by atoms with van der Waals surface area (Å²) in [5, 5.41) is 13.6. The lowest BCUT2D eigenvalue weighted by atomic mass is 10.0. The summed E-state index contributed by atoms with van der Waals surface area (Å²) >= 11 is 0. The van der Waals surface area contributed by atoms with Gasteiger partial charge in [0.15, 0.2) is 0 Å². The number of hydrogen-bond acceptors (Lipinski definition) is 3. The van der Waals surface area contributed by atoms with Crippen LogP contribution in [0.2, 0.25) is 0 Å². The molecule has 0 aliphatic rings. The van der Waals surface area contributed by atoms with Crippen molar-refractivity contribution in [2.24, 2.45) is 5.92 Å². The Morgan fingerprint density at radius 3 is 2.38 bits per heavy atom. The van der Waals surface area contributed by atoms with Crippen molar-refractivity contribution in [2.75, 3.05) is 19.0 Å². The largest absolute Gasteiger partial charge is 0.478 e. The van der Waals surface area contributed by atoms with Crippen LogP contribution in [0.5, 0.6) is 0 Å².